The van der Waals surface area contributed by atoms with Gasteiger partial charge in [-0.3, -0.25) is 4.79 Å². The number of methoxy groups -OCH3 is 1. The molecule has 1 aliphatic heterocycles. The number of nitrogens with zero attached hydrogens (tertiary/aromatic N) is 1. The number of pyridine rings is 1. The number of rotatable bonds is 2. The molecule has 4 rings (SSSR count). The zero-order valence-corrected chi connectivity index (χ0v) is 14.0. The van der Waals surface area contributed by atoms with Crippen LogP contribution in [0.4, 0.5) is 5.82 Å². The van der Waals surface area contributed by atoms with Gasteiger partial charge in [-0.1, -0.05) is 6.07 Å². The topological polar surface area (TPSA) is 68.3 Å². The van der Waals surface area contributed by atoms with Crippen LogP contribution in [0.25, 0.3) is 11.6 Å². The molecule has 1 amide bonds. The largest absolute Gasteiger partial charge is 0.465 e. The van der Waals surface area contributed by atoms with Gasteiger partial charge in [-0.05, 0) is 66.6 Å². The molecule has 0 radical (unpaired) electrons. The predicted octanol–water partition coefficient (Wildman–Crippen LogP) is 3.24. The second kappa shape index (κ2) is 6.16. The number of hydrogen-bond donors (Lipinski definition) is 1. The Balaban J connectivity index is 1.93. The van der Waals surface area contributed by atoms with Gasteiger partial charge in [0.1, 0.15) is 5.82 Å². The first-order valence-electron chi connectivity index (χ1n) is 8.40. The lowest BCUT2D eigenvalue weighted by Gasteiger charge is -2.20. The molecule has 2 heterocycles. The molecule has 0 saturated heterocycles. The van der Waals surface area contributed by atoms with E-state index in [0.717, 1.165) is 42.4 Å². The summed E-state index contributed by atoms with van der Waals surface area (Å²) in [6.45, 7) is 0. The third-order valence-corrected chi connectivity index (χ3v) is 4.85. The fraction of sp³-hybridized carbons (Fsp3) is 0.250. The Morgan fingerprint density at radius 3 is 2.92 bits per heavy atom. The van der Waals surface area contributed by atoms with E-state index in [1.54, 1.807) is 18.3 Å². The number of aromatic nitrogens is 1. The van der Waals surface area contributed by atoms with Crippen molar-refractivity contribution in [3.8, 4) is 0 Å². The molecule has 1 aromatic carbocycles. The fourth-order valence-electron chi connectivity index (χ4n) is 3.62. The number of benzene rings is 1. The lowest BCUT2D eigenvalue weighted by atomic mass is 9.85. The minimum absolute atomic E-state index is 0.196. The second-order valence-corrected chi connectivity index (χ2v) is 6.27. The van der Waals surface area contributed by atoms with Gasteiger partial charge in [0.25, 0.3) is 5.91 Å². The highest BCUT2D eigenvalue weighted by Gasteiger charge is 2.27. The number of hydrogen-bond acceptors (Lipinski definition) is 4. The number of ether oxygens (including phenoxy) is 1. The third-order valence-electron chi connectivity index (χ3n) is 4.85. The molecule has 1 aliphatic carbocycles. The van der Waals surface area contributed by atoms with E-state index < -0.39 is 0 Å². The Hall–Kier alpha value is -2.95. The Kier molecular flexibility index (Phi) is 3.84. The van der Waals surface area contributed by atoms with Gasteiger partial charge in [-0.15, -0.1) is 0 Å². The number of fused-ring (bicyclic) bond motifs is 2. The molecule has 0 atom stereocenters. The first kappa shape index (κ1) is 15.6. The summed E-state index contributed by atoms with van der Waals surface area (Å²) in [7, 11) is 1.38. The van der Waals surface area contributed by atoms with Crippen LogP contribution in [0.3, 0.4) is 0 Å². The second-order valence-electron chi connectivity index (χ2n) is 6.27. The average Bonchev–Trinajstić information content (AvgIpc) is 2.97. The van der Waals surface area contributed by atoms with Crippen LogP contribution in [0.1, 0.15) is 45.5 Å². The monoisotopic (exact) mass is 334 g/mol. The summed E-state index contributed by atoms with van der Waals surface area (Å²) < 4.78 is 4.95. The first-order chi connectivity index (χ1) is 12.2. The molecule has 2 aliphatic rings. The number of anilines is 1. The number of esters is 1. The summed E-state index contributed by atoms with van der Waals surface area (Å²) in [6.07, 6.45) is 7.59. The van der Waals surface area contributed by atoms with Crippen LogP contribution in [0.5, 0.6) is 0 Å². The van der Waals surface area contributed by atoms with Crippen LogP contribution >= 0.6 is 0 Å². The highest BCUT2D eigenvalue weighted by molar-refractivity contribution is 6.34. The van der Waals surface area contributed by atoms with Gasteiger partial charge in [0.15, 0.2) is 0 Å². The van der Waals surface area contributed by atoms with Crippen LogP contribution in [0, 0.1) is 0 Å². The predicted molar refractivity (Wildman–Crippen MR) is 95.2 cm³/mol. The first-order valence-corrected chi connectivity index (χ1v) is 8.40. The lowest BCUT2D eigenvalue weighted by molar-refractivity contribution is -0.110. The molecule has 0 fully saturated rings. The van der Waals surface area contributed by atoms with Crippen molar-refractivity contribution < 1.29 is 14.3 Å². The molecule has 126 valence electrons. The van der Waals surface area contributed by atoms with Crippen LogP contribution in [0.2, 0.25) is 0 Å². The normalized spacial score (nSPS) is 17.0. The van der Waals surface area contributed by atoms with Gasteiger partial charge in [0.2, 0.25) is 0 Å². The number of nitrogens with one attached hydrogen (secondary N) is 1. The van der Waals surface area contributed by atoms with Gasteiger partial charge < -0.3 is 10.1 Å². The maximum atomic E-state index is 12.4. The van der Waals surface area contributed by atoms with E-state index in [9.17, 15) is 9.59 Å². The number of amides is 1. The van der Waals surface area contributed by atoms with Crippen molar-refractivity contribution in [2.45, 2.75) is 25.7 Å². The summed E-state index contributed by atoms with van der Waals surface area (Å²) in [6, 6.07) is 7.47. The van der Waals surface area contributed by atoms with Crippen molar-refractivity contribution >= 4 is 29.3 Å². The van der Waals surface area contributed by atoms with Gasteiger partial charge in [0, 0.05) is 11.8 Å². The van der Waals surface area contributed by atoms with E-state index >= 15 is 0 Å². The molecule has 5 heteroatoms. The molecule has 1 N–H and O–H groups in total. The minimum atomic E-state index is -0.384. The molecule has 1 aromatic heterocycles. The van der Waals surface area contributed by atoms with Crippen molar-refractivity contribution in [1.82, 2.24) is 4.98 Å². The number of aryl methyl sites for hydroxylation is 1. The smallest absolute Gasteiger partial charge is 0.338 e. The van der Waals surface area contributed by atoms with Crippen molar-refractivity contribution in [3.05, 3.63) is 58.3 Å². The molecule has 0 saturated carbocycles. The van der Waals surface area contributed by atoms with Crippen molar-refractivity contribution in [2.75, 3.05) is 12.4 Å². The minimum Gasteiger partial charge on any atom is -0.465 e. The number of carbonyl (C=O) groups excluding carboxylic acids is 2. The molecule has 0 unspecified atom stereocenters. The third kappa shape index (κ3) is 2.61. The standard InChI is InChI=1S/C20H18N2O3/c1-25-20(24)15-9-8-12-5-2-3-6-13(12)16(15)11-17-14-7-4-10-21-18(14)22-19(17)23/h4,7-11H,2-3,5-6H2,1H3,(H,21,22,23). The van der Waals surface area contributed by atoms with E-state index in [1.807, 2.05) is 18.2 Å². The van der Waals surface area contributed by atoms with Gasteiger partial charge in [-0.25, -0.2) is 9.78 Å². The zero-order chi connectivity index (χ0) is 17.4. The van der Waals surface area contributed by atoms with E-state index in [4.69, 9.17) is 4.74 Å². The summed E-state index contributed by atoms with van der Waals surface area (Å²) in [5, 5.41) is 2.78. The Morgan fingerprint density at radius 1 is 1.24 bits per heavy atom. The summed E-state index contributed by atoms with van der Waals surface area (Å²) in [4.78, 5) is 28.9. The summed E-state index contributed by atoms with van der Waals surface area (Å²) >= 11 is 0. The highest BCUT2D eigenvalue weighted by atomic mass is 16.5. The highest BCUT2D eigenvalue weighted by Crippen LogP contribution is 2.35. The van der Waals surface area contributed by atoms with Crippen molar-refractivity contribution in [3.63, 3.8) is 0 Å². The average molecular weight is 334 g/mol. The number of carbonyl (C=O) groups is 2. The SMILES string of the molecule is COC(=O)c1ccc2c(c1C=C1C(=O)Nc3ncccc31)CCCC2. The maximum Gasteiger partial charge on any atom is 0.338 e. The quantitative estimate of drug-likeness (QED) is 0.676. The molecular formula is C20H18N2O3. The molecule has 5 nitrogen and oxygen atoms in total. The molecule has 2 aromatic rings. The van der Waals surface area contributed by atoms with Gasteiger partial charge in [0.05, 0.1) is 18.2 Å². The molecule has 0 spiro atoms. The van der Waals surface area contributed by atoms with Crippen molar-refractivity contribution in [2.24, 2.45) is 0 Å². The van der Waals surface area contributed by atoms with Crippen LogP contribution in [-0.2, 0) is 22.4 Å². The lowest BCUT2D eigenvalue weighted by Crippen LogP contribution is -2.12. The Morgan fingerprint density at radius 2 is 2.08 bits per heavy atom. The summed E-state index contributed by atoms with van der Waals surface area (Å²) in [5.74, 6) is -0.0221. The Labute approximate surface area is 145 Å². The van der Waals surface area contributed by atoms with E-state index in [1.165, 1.54) is 12.7 Å². The van der Waals surface area contributed by atoms with E-state index in [2.05, 4.69) is 10.3 Å². The molecule has 25 heavy (non-hydrogen) atoms. The summed E-state index contributed by atoms with van der Waals surface area (Å²) in [5.41, 5.74) is 4.98. The Bertz CT molecular complexity index is 915. The fourth-order valence-corrected chi connectivity index (χ4v) is 3.62. The van der Waals surface area contributed by atoms with Crippen LogP contribution in [0.15, 0.2) is 30.5 Å². The van der Waals surface area contributed by atoms with Crippen LogP contribution in [-0.4, -0.2) is 24.0 Å². The molecular weight excluding hydrogens is 316 g/mol. The zero-order valence-electron chi connectivity index (χ0n) is 14.0. The van der Waals surface area contributed by atoms with E-state index in [-0.39, 0.29) is 11.9 Å². The van der Waals surface area contributed by atoms with Gasteiger partial charge in [-0.2, -0.15) is 0 Å². The van der Waals surface area contributed by atoms with Crippen molar-refractivity contribution in [1.29, 1.82) is 0 Å². The van der Waals surface area contributed by atoms with Gasteiger partial charge >= 0.3 is 5.97 Å². The van der Waals surface area contributed by atoms with E-state index in [0.29, 0.717) is 17.0 Å². The maximum absolute atomic E-state index is 12.4. The molecule has 0 bridgehead atoms. The van der Waals surface area contributed by atoms with Crippen LogP contribution < -0.4 is 5.32 Å².